The number of ether oxygens (including phenoxy) is 1. The molecule has 0 aliphatic rings. The first kappa shape index (κ1) is 22.6. The Balaban J connectivity index is 1.77. The number of oxazole rings is 1. The minimum absolute atomic E-state index is 0.0319. The Bertz CT molecular complexity index is 1360. The maximum atomic E-state index is 13.8. The molecule has 4 aromatic rings. The first-order valence-corrected chi connectivity index (χ1v) is 12.0. The van der Waals surface area contributed by atoms with E-state index in [4.69, 9.17) is 9.15 Å². The van der Waals surface area contributed by atoms with E-state index in [2.05, 4.69) is 4.98 Å². The van der Waals surface area contributed by atoms with Crippen LogP contribution in [0.2, 0.25) is 0 Å². The Hall–Kier alpha value is -3.58. The van der Waals surface area contributed by atoms with Crippen molar-refractivity contribution in [1.29, 1.82) is 0 Å². The van der Waals surface area contributed by atoms with Crippen molar-refractivity contribution in [3.05, 3.63) is 95.4 Å². The molecular weight excluding hydrogens is 436 g/mol. The van der Waals surface area contributed by atoms with Crippen molar-refractivity contribution in [2.24, 2.45) is 0 Å². The first-order valence-electron chi connectivity index (χ1n) is 10.6. The number of sulfonamides is 1. The molecule has 0 saturated carbocycles. The van der Waals surface area contributed by atoms with Gasteiger partial charge < -0.3 is 9.15 Å². The van der Waals surface area contributed by atoms with E-state index in [-0.39, 0.29) is 11.4 Å². The van der Waals surface area contributed by atoms with Crippen LogP contribution in [0, 0.1) is 20.8 Å². The largest absolute Gasteiger partial charge is 0.497 e. The third-order valence-electron chi connectivity index (χ3n) is 5.51. The van der Waals surface area contributed by atoms with Crippen molar-refractivity contribution in [3.63, 3.8) is 0 Å². The van der Waals surface area contributed by atoms with Crippen molar-refractivity contribution in [3.8, 4) is 17.2 Å². The second kappa shape index (κ2) is 9.11. The molecule has 0 bridgehead atoms. The molecule has 0 fully saturated rings. The smallest absolute Gasteiger partial charge is 0.264 e. The summed E-state index contributed by atoms with van der Waals surface area (Å²) in [7, 11) is -2.30. The van der Waals surface area contributed by atoms with Gasteiger partial charge in [0.15, 0.2) is 0 Å². The highest BCUT2D eigenvalue weighted by atomic mass is 32.2. The number of hydrogen-bond acceptors (Lipinski definition) is 5. The van der Waals surface area contributed by atoms with Crippen LogP contribution >= 0.6 is 0 Å². The number of hydrogen-bond donors (Lipinski definition) is 0. The Morgan fingerprint density at radius 1 is 0.909 bits per heavy atom. The van der Waals surface area contributed by atoms with Gasteiger partial charge in [0.05, 0.1) is 24.2 Å². The molecule has 4 rings (SSSR count). The lowest BCUT2D eigenvalue weighted by Crippen LogP contribution is -2.31. The molecule has 0 aliphatic heterocycles. The van der Waals surface area contributed by atoms with Gasteiger partial charge >= 0.3 is 0 Å². The number of rotatable bonds is 7. The van der Waals surface area contributed by atoms with Gasteiger partial charge in [-0.2, -0.15) is 0 Å². The minimum Gasteiger partial charge on any atom is -0.497 e. The van der Waals surface area contributed by atoms with Crippen molar-refractivity contribution in [2.45, 2.75) is 32.2 Å². The summed E-state index contributed by atoms with van der Waals surface area (Å²) in [6, 6.07) is 21.7. The van der Waals surface area contributed by atoms with Gasteiger partial charge in [-0.05, 0) is 68.8 Å². The summed E-state index contributed by atoms with van der Waals surface area (Å²) >= 11 is 0. The van der Waals surface area contributed by atoms with E-state index in [0.29, 0.717) is 34.3 Å². The summed E-state index contributed by atoms with van der Waals surface area (Å²) < 4.78 is 40.1. The Morgan fingerprint density at radius 2 is 1.58 bits per heavy atom. The van der Waals surface area contributed by atoms with Crippen molar-refractivity contribution in [2.75, 3.05) is 11.4 Å². The van der Waals surface area contributed by atoms with E-state index < -0.39 is 10.0 Å². The zero-order chi connectivity index (χ0) is 23.6. The molecule has 0 amide bonds. The van der Waals surface area contributed by atoms with Crippen molar-refractivity contribution in [1.82, 2.24) is 4.98 Å². The van der Waals surface area contributed by atoms with Gasteiger partial charge in [-0.15, -0.1) is 0 Å². The number of nitrogens with zero attached hydrogens (tertiary/aromatic N) is 2. The van der Waals surface area contributed by atoms with Crippen LogP contribution in [0.5, 0.6) is 5.75 Å². The molecule has 3 aromatic carbocycles. The number of benzene rings is 3. The summed E-state index contributed by atoms with van der Waals surface area (Å²) in [6.07, 6.45) is 0. The summed E-state index contributed by atoms with van der Waals surface area (Å²) in [6.45, 7) is 5.63. The zero-order valence-corrected chi connectivity index (χ0v) is 19.9. The third kappa shape index (κ3) is 4.64. The molecule has 0 radical (unpaired) electrons. The lowest BCUT2D eigenvalue weighted by atomic mass is 10.1. The summed E-state index contributed by atoms with van der Waals surface area (Å²) in [5.41, 5.74) is 3.72. The summed E-state index contributed by atoms with van der Waals surface area (Å²) in [5.74, 6) is 1.68. The molecule has 6 nitrogen and oxygen atoms in total. The van der Waals surface area contributed by atoms with E-state index in [0.717, 1.165) is 11.1 Å². The van der Waals surface area contributed by atoms with Gasteiger partial charge in [-0.3, -0.25) is 4.31 Å². The van der Waals surface area contributed by atoms with Gasteiger partial charge in [0, 0.05) is 5.56 Å². The predicted octanol–water partition coefficient (Wildman–Crippen LogP) is 5.67. The highest BCUT2D eigenvalue weighted by molar-refractivity contribution is 7.92. The number of aryl methyl sites for hydroxylation is 3. The van der Waals surface area contributed by atoms with Crippen LogP contribution in [-0.4, -0.2) is 20.5 Å². The topological polar surface area (TPSA) is 72.6 Å². The van der Waals surface area contributed by atoms with E-state index in [1.54, 1.807) is 63.4 Å². The van der Waals surface area contributed by atoms with Gasteiger partial charge in [0.2, 0.25) is 5.89 Å². The molecule has 0 aliphatic carbocycles. The Morgan fingerprint density at radius 3 is 2.21 bits per heavy atom. The fourth-order valence-electron chi connectivity index (χ4n) is 3.56. The van der Waals surface area contributed by atoms with E-state index in [9.17, 15) is 8.42 Å². The first-order chi connectivity index (χ1) is 15.8. The van der Waals surface area contributed by atoms with Crippen molar-refractivity contribution >= 4 is 15.7 Å². The van der Waals surface area contributed by atoms with Gasteiger partial charge in [0.25, 0.3) is 10.0 Å². The average molecular weight is 463 g/mol. The Labute approximate surface area is 194 Å². The molecule has 0 unspecified atom stereocenters. The lowest BCUT2D eigenvalue weighted by Gasteiger charge is -2.25. The van der Waals surface area contributed by atoms with E-state index in [1.165, 1.54) is 4.31 Å². The highest BCUT2D eigenvalue weighted by Crippen LogP contribution is 2.31. The maximum Gasteiger partial charge on any atom is 0.264 e. The second-order valence-corrected chi connectivity index (χ2v) is 9.69. The predicted molar refractivity (Wildman–Crippen MR) is 129 cm³/mol. The van der Waals surface area contributed by atoms with Crippen LogP contribution in [0.3, 0.4) is 0 Å². The number of anilines is 1. The van der Waals surface area contributed by atoms with Crippen LogP contribution in [0.1, 0.15) is 22.6 Å². The molecule has 0 spiro atoms. The van der Waals surface area contributed by atoms with Crippen LogP contribution in [-0.2, 0) is 16.6 Å². The number of aromatic nitrogens is 1. The molecule has 0 saturated heterocycles. The third-order valence-corrected chi connectivity index (χ3v) is 7.44. The summed E-state index contributed by atoms with van der Waals surface area (Å²) in [5, 5.41) is 0. The fraction of sp³-hybridized carbons (Fsp3) is 0.192. The molecule has 1 aromatic heterocycles. The van der Waals surface area contributed by atoms with Crippen molar-refractivity contribution < 1.29 is 17.6 Å². The molecule has 33 heavy (non-hydrogen) atoms. The Kier molecular flexibility index (Phi) is 6.24. The van der Waals surface area contributed by atoms with E-state index in [1.807, 2.05) is 37.3 Å². The molecule has 1 heterocycles. The van der Waals surface area contributed by atoms with Gasteiger partial charge in [0.1, 0.15) is 17.2 Å². The van der Waals surface area contributed by atoms with Crippen LogP contribution < -0.4 is 9.04 Å². The standard InChI is InChI=1S/C26H26N2O4S/c1-18-9-11-21(12-10-18)26-27-24(20(3)32-26)17-28(22-13-15-23(31-4)16-14-22)33(29,30)25-8-6-5-7-19(25)2/h5-16H,17H2,1-4H3. The van der Waals surface area contributed by atoms with Crippen LogP contribution in [0.4, 0.5) is 5.69 Å². The minimum atomic E-state index is -3.87. The zero-order valence-electron chi connectivity index (χ0n) is 19.1. The molecule has 7 heteroatoms. The fourth-order valence-corrected chi connectivity index (χ4v) is 5.21. The van der Waals surface area contributed by atoms with Crippen LogP contribution in [0.15, 0.2) is 82.1 Å². The normalized spacial score (nSPS) is 11.4. The quantitative estimate of drug-likeness (QED) is 0.354. The van der Waals surface area contributed by atoms with Gasteiger partial charge in [-0.1, -0.05) is 35.9 Å². The molecule has 0 N–H and O–H groups in total. The molecule has 170 valence electrons. The van der Waals surface area contributed by atoms with E-state index >= 15 is 0 Å². The molecular formula is C26H26N2O4S. The molecule has 0 atom stereocenters. The lowest BCUT2D eigenvalue weighted by molar-refractivity contribution is 0.415. The van der Waals surface area contributed by atoms with Gasteiger partial charge in [-0.25, -0.2) is 13.4 Å². The highest BCUT2D eigenvalue weighted by Gasteiger charge is 2.28. The monoisotopic (exact) mass is 462 g/mol. The van der Waals surface area contributed by atoms with Crippen LogP contribution in [0.25, 0.3) is 11.5 Å². The SMILES string of the molecule is COc1ccc(N(Cc2nc(-c3ccc(C)cc3)oc2C)S(=O)(=O)c2ccccc2C)cc1. The second-order valence-electron chi connectivity index (χ2n) is 7.86. The number of methoxy groups -OCH3 is 1. The average Bonchev–Trinajstić information content (AvgIpc) is 3.18. The maximum absolute atomic E-state index is 13.8. The summed E-state index contributed by atoms with van der Waals surface area (Å²) in [4.78, 5) is 4.89.